The molecule has 162 valence electrons. The second-order valence-corrected chi connectivity index (χ2v) is 8.66. The number of rotatable bonds is 3. The predicted octanol–water partition coefficient (Wildman–Crippen LogP) is 4.32. The SMILES string of the molecule is Cn1c(=O)n(-c2ccc(C(C)(C)C#N)cc2)c2c3cc(-c4ccc(N)nc4)ccc3ncc21. The molecular formula is C26H22N6O. The van der Waals surface area contributed by atoms with Crippen LogP contribution in [0, 0.1) is 11.3 Å². The Balaban J connectivity index is 1.78. The molecule has 0 aliphatic carbocycles. The van der Waals surface area contributed by atoms with E-state index in [1.165, 1.54) is 0 Å². The molecule has 0 amide bonds. The molecule has 2 N–H and O–H groups in total. The number of benzene rings is 2. The van der Waals surface area contributed by atoms with Gasteiger partial charge in [-0.05, 0) is 61.4 Å². The molecule has 0 unspecified atom stereocenters. The van der Waals surface area contributed by atoms with Crippen LogP contribution in [0.25, 0.3) is 38.8 Å². The lowest BCUT2D eigenvalue weighted by Gasteiger charge is -2.16. The average Bonchev–Trinajstić information content (AvgIpc) is 3.09. The van der Waals surface area contributed by atoms with Gasteiger partial charge in [-0.25, -0.2) is 9.78 Å². The van der Waals surface area contributed by atoms with Crippen LogP contribution in [-0.2, 0) is 12.5 Å². The lowest BCUT2D eigenvalue weighted by atomic mass is 9.86. The molecule has 5 rings (SSSR count). The van der Waals surface area contributed by atoms with Crippen molar-refractivity contribution in [1.29, 1.82) is 5.26 Å². The van der Waals surface area contributed by atoms with Gasteiger partial charge in [-0.2, -0.15) is 5.26 Å². The maximum atomic E-state index is 13.3. The van der Waals surface area contributed by atoms with Gasteiger partial charge in [0, 0.05) is 24.2 Å². The zero-order valence-corrected chi connectivity index (χ0v) is 18.6. The highest BCUT2D eigenvalue weighted by Crippen LogP contribution is 2.30. The van der Waals surface area contributed by atoms with Crippen LogP contribution in [0.1, 0.15) is 19.4 Å². The fourth-order valence-corrected chi connectivity index (χ4v) is 4.08. The zero-order valence-electron chi connectivity index (χ0n) is 18.6. The largest absolute Gasteiger partial charge is 0.384 e. The van der Waals surface area contributed by atoms with Gasteiger partial charge in [-0.1, -0.05) is 18.2 Å². The Morgan fingerprint density at radius 3 is 2.36 bits per heavy atom. The quantitative estimate of drug-likeness (QED) is 0.455. The number of aryl methyl sites for hydroxylation is 1. The number of nitriles is 1. The van der Waals surface area contributed by atoms with Crippen molar-refractivity contribution < 1.29 is 0 Å². The molecule has 0 fully saturated rings. The molecule has 5 aromatic rings. The molecule has 2 aromatic carbocycles. The Hall–Kier alpha value is -4.44. The molecule has 0 spiro atoms. The van der Waals surface area contributed by atoms with Crippen molar-refractivity contribution in [3.63, 3.8) is 0 Å². The summed E-state index contributed by atoms with van der Waals surface area (Å²) in [5.41, 5.74) is 10.8. The van der Waals surface area contributed by atoms with Crippen LogP contribution in [-0.4, -0.2) is 19.1 Å². The summed E-state index contributed by atoms with van der Waals surface area (Å²) in [7, 11) is 1.75. The number of nitrogen functional groups attached to an aromatic ring is 1. The molecule has 3 aromatic heterocycles. The van der Waals surface area contributed by atoms with Crippen LogP contribution >= 0.6 is 0 Å². The third kappa shape index (κ3) is 3.24. The summed E-state index contributed by atoms with van der Waals surface area (Å²) in [6.45, 7) is 3.75. The minimum Gasteiger partial charge on any atom is -0.384 e. The zero-order chi connectivity index (χ0) is 23.3. The number of hydrogen-bond acceptors (Lipinski definition) is 5. The number of imidazole rings is 1. The summed E-state index contributed by atoms with van der Waals surface area (Å²) in [6.07, 6.45) is 3.46. The van der Waals surface area contributed by atoms with E-state index in [9.17, 15) is 10.1 Å². The fraction of sp³-hybridized carbons (Fsp3) is 0.154. The number of fused-ring (bicyclic) bond motifs is 3. The summed E-state index contributed by atoms with van der Waals surface area (Å²) in [5.74, 6) is 0.462. The number of nitrogens with two attached hydrogens (primary N) is 1. The Labute approximate surface area is 190 Å². The van der Waals surface area contributed by atoms with E-state index in [0.717, 1.165) is 44.3 Å². The molecule has 0 saturated carbocycles. The second-order valence-electron chi connectivity index (χ2n) is 8.66. The standard InChI is InChI=1S/C26H22N6O/c1-26(2,15-27)18-6-8-19(9-7-18)32-24-20-12-16(17-5-11-23(28)30-13-17)4-10-21(20)29-14-22(24)31(3)25(32)33/h4-14H,1-3H3,(H2,28,30). The van der Waals surface area contributed by atoms with Gasteiger partial charge in [-0.15, -0.1) is 0 Å². The predicted molar refractivity (Wildman–Crippen MR) is 130 cm³/mol. The van der Waals surface area contributed by atoms with E-state index in [1.54, 1.807) is 34.6 Å². The smallest absolute Gasteiger partial charge is 0.333 e. The maximum Gasteiger partial charge on any atom is 0.333 e. The molecule has 3 heterocycles. The summed E-state index contributed by atoms with van der Waals surface area (Å²) in [4.78, 5) is 22.1. The Morgan fingerprint density at radius 1 is 0.970 bits per heavy atom. The molecule has 7 nitrogen and oxygen atoms in total. The molecule has 0 aliphatic heterocycles. The van der Waals surface area contributed by atoms with E-state index in [0.29, 0.717) is 5.82 Å². The van der Waals surface area contributed by atoms with Gasteiger partial charge in [0.2, 0.25) is 0 Å². The molecule has 33 heavy (non-hydrogen) atoms. The topological polar surface area (TPSA) is 103 Å². The van der Waals surface area contributed by atoms with Crippen molar-refractivity contribution in [2.45, 2.75) is 19.3 Å². The number of anilines is 1. The van der Waals surface area contributed by atoms with Gasteiger partial charge in [0.25, 0.3) is 0 Å². The molecule has 0 radical (unpaired) electrons. The maximum absolute atomic E-state index is 13.3. The molecule has 0 aliphatic rings. The van der Waals surface area contributed by atoms with Crippen LogP contribution in [0.4, 0.5) is 5.82 Å². The van der Waals surface area contributed by atoms with Gasteiger partial charge in [0.1, 0.15) is 5.82 Å². The Morgan fingerprint density at radius 2 is 1.70 bits per heavy atom. The first-order valence-corrected chi connectivity index (χ1v) is 10.5. The normalized spacial score (nSPS) is 11.7. The third-order valence-electron chi connectivity index (χ3n) is 6.13. The van der Waals surface area contributed by atoms with Crippen molar-refractivity contribution >= 4 is 27.8 Å². The Bertz CT molecular complexity index is 1620. The minimum atomic E-state index is -0.610. The van der Waals surface area contributed by atoms with Gasteiger partial charge >= 0.3 is 5.69 Å². The Kier molecular flexibility index (Phi) is 4.53. The van der Waals surface area contributed by atoms with Gasteiger partial charge < -0.3 is 5.73 Å². The number of aromatic nitrogens is 4. The highest BCUT2D eigenvalue weighted by atomic mass is 16.1. The summed E-state index contributed by atoms with van der Waals surface area (Å²) in [6, 6.07) is 19.5. The molecule has 0 saturated heterocycles. The van der Waals surface area contributed by atoms with Crippen molar-refractivity contribution in [2.24, 2.45) is 7.05 Å². The highest BCUT2D eigenvalue weighted by Gasteiger charge is 2.21. The molecular weight excluding hydrogens is 412 g/mol. The van der Waals surface area contributed by atoms with Crippen LogP contribution in [0.2, 0.25) is 0 Å². The average molecular weight is 435 g/mol. The molecule has 7 heteroatoms. The van der Waals surface area contributed by atoms with E-state index in [2.05, 4.69) is 16.0 Å². The van der Waals surface area contributed by atoms with E-state index in [1.807, 2.05) is 62.4 Å². The monoisotopic (exact) mass is 434 g/mol. The van der Waals surface area contributed by atoms with Crippen molar-refractivity contribution in [2.75, 3.05) is 5.73 Å². The first kappa shape index (κ1) is 20.5. The van der Waals surface area contributed by atoms with Gasteiger partial charge in [-0.3, -0.25) is 14.1 Å². The van der Waals surface area contributed by atoms with Crippen molar-refractivity contribution in [3.8, 4) is 22.9 Å². The van der Waals surface area contributed by atoms with E-state index in [-0.39, 0.29) is 5.69 Å². The third-order valence-corrected chi connectivity index (χ3v) is 6.13. The first-order chi connectivity index (χ1) is 15.8. The summed E-state index contributed by atoms with van der Waals surface area (Å²) in [5, 5.41) is 10.3. The first-order valence-electron chi connectivity index (χ1n) is 10.5. The second kappa shape index (κ2) is 7.31. The van der Waals surface area contributed by atoms with Crippen LogP contribution in [0.5, 0.6) is 0 Å². The van der Waals surface area contributed by atoms with Gasteiger partial charge in [0.05, 0.1) is 39.9 Å². The summed E-state index contributed by atoms with van der Waals surface area (Å²) < 4.78 is 3.31. The lowest BCUT2D eigenvalue weighted by Crippen LogP contribution is -2.21. The fourth-order valence-electron chi connectivity index (χ4n) is 4.08. The minimum absolute atomic E-state index is 0.161. The number of nitrogens with zero attached hydrogens (tertiary/aromatic N) is 5. The summed E-state index contributed by atoms with van der Waals surface area (Å²) >= 11 is 0. The van der Waals surface area contributed by atoms with Crippen LogP contribution < -0.4 is 11.4 Å². The van der Waals surface area contributed by atoms with Crippen LogP contribution in [0.3, 0.4) is 0 Å². The molecule has 0 atom stereocenters. The lowest BCUT2D eigenvalue weighted by molar-refractivity contribution is 0.686. The van der Waals surface area contributed by atoms with Crippen molar-refractivity contribution in [3.05, 3.63) is 83.0 Å². The van der Waals surface area contributed by atoms with Gasteiger partial charge in [0.15, 0.2) is 0 Å². The number of pyridine rings is 2. The molecule has 0 bridgehead atoms. The highest BCUT2D eigenvalue weighted by molar-refractivity contribution is 6.04. The van der Waals surface area contributed by atoms with E-state index >= 15 is 0 Å². The van der Waals surface area contributed by atoms with Crippen LogP contribution in [0.15, 0.2) is 71.8 Å². The van der Waals surface area contributed by atoms with Crippen molar-refractivity contribution in [1.82, 2.24) is 19.1 Å². The van der Waals surface area contributed by atoms with E-state index in [4.69, 9.17) is 5.73 Å². The van der Waals surface area contributed by atoms with E-state index < -0.39 is 5.41 Å². The number of hydrogen-bond donors (Lipinski definition) is 1.